The average Bonchev–Trinajstić information content (AvgIpc) is 2.69. The van der Waals surface area contributed by atoms with Crippen LogP contribution in [-0.2, 0) is 11.2 Å². The molecule has 1 aromatic carbocycles. The van der Waals surface area contributed by atoms with Gasteiger partial charge in [0.2, 0.25) is 0 Å². The fourth-order valence-electron chi connectivity index (χ4n) is 3.59. The van der Waals surface area contributed by atoms with E-state index in [1.54, 1.807) is 0 Å². The van der Waals surface area contributed by atoms with Gasteiger partial charge in [-0.05, 0) is 37.0 Å². The summed E-state index contributed by atoms with van der Waals surface area (Å²) in [5.74, 6) is -0.231. The molecule has 0 amide bonds. The third kappa shape index (κ3) is 12.0. The van der Waals surface area contributed by atoms with Gasteiger partial charge >= 0.3 is 5.97 Å². The molecule has 28 heavy (non-hydrogen) atoms. The predicted octanol–water partition coefficient (Wildman–Crippen LogP) is 7.56. The van der Waals surface area contributed by atoms with Crippen molar-refractivity contribution in [2.24, 2.45) is 0 Å². The Hall–Kier alpha value is -1.51. The molecule has 0 heterocycles. The number of aliphatic carboxylic acids is 1. The molecule has 3 heteroatoms. The number of hydrogen-bond acceptors (Lipinski definition) is 2. The number of carbonyl (C=O) groups is 1. The first kappa shape index (κ1) is 24.5. The van der Waals surface area contributed by atoms with Crippen LogP contribution in [0.1, 0.15) is 109 Å². The molecule has 0 fully saturated rings. The van der Waals surface area contributed by atoms with Crippen molar-refractivity contribution in [3.63, 3.8) is 0 Å². The second-order valence-electron chi connectivity index (χ2n) is 7.99. The van der Waals surface area contributed by atoms with Crippen LogP contribution in [0.15, 0.2) is 24.3 Å². The number of carboxylic acids is 1. The summed E-state index contributed by atoms with van der Waals surface area (Å²) in [6.07, 6.45) is 18.5. The van der Waals surface area contributed by atoms with Crippen LogP contribution in [0.3, 0.4) is 0 Å². The minimum atomic E-state index is -0.899. The van der Waals surface area contributed by atoms with Gasteiger partial charge in [-0.3, -0.25) is 0 Å². The molecule has 0 saturated carbocycles. The van der Waals surface area contributed by atoms with Crippen LogP contribution in [0.25, 0.3) is 0 Å². The van der Waals surface area contributed by atoms with E-state index in [2.05, 4.69) is 13.0 Å². The summed E-state index contributed by atoms with van der Waals surface area (Å²) in [7, 11) is 0. The van der Waals surface area contributed by atoms with Crippen molar-refractivity contribution < 1.29 is 14.6 Å². The van der Waals surface area contributed by atoms with Crippen molar-refractivity contribution in [1.29, 1.82) is 0 Å². The maximum atomic E-state index is 11.1. The van der Waals surface area contributed by atoms with Gasteiger partial charge in [0, 0.05) is 0 Å². The second kappa shape index (κ2) is 16.4. The third-order valence-corrected chi connectivity index (χ3v) is 5.39. The maximum Gasteiger partial charge on any atom is 0.344 e. The molecule has 0 radical (unpaired) electrons. The Morgan fingerprint density at radius 2 is 1.39 bits per heavy atom. The average molecular weight is 391 g/mol. The normalized spacial score (nSPS) is 12.1. The van der Waals surface area contributed by atoms with Gasteiger partial charge in [-0.15, -0.1) is 0 Å². The van der Waals surface area contributed by atoms with Crippen molar-refractivity contribution in [3.8, 4) is 5.75 Å². The first-order valence-electron chi connectivity index (χ1n) is 11.7. The van der Waals surface area contributed by atoms with Crippen molar-refractivity contribution in [3.05, 3.63) is 29.8 Å². The molecule has 3 nitrogen and oxygen atoms in total. The Labute approximate surface area is 172 Å². The lowest BCUT2D eigenvalue weighted by atomic mass is 10.0. The van der Waals surface area contributed by atoms with Crippen molar-refractivity contribution >= 4 is 5.97 Å². The molecule has 1 atom stereocenters. The topological polar surface area (TPSA) is 46.5 Å². The molecule has 160 valence electrons. The van der Waals surface area contributed by atoms with E-state index in [4.69, 9.17) is 9.84 Å². The number of carboxylic acid groups (broad SMARTS) is 1. The quantitative estimate of drug-likeness (QED) is 0.263. The molecule has 1 unspecified atom stereocenters. The minimum Gasteiger partial charge on any atom is -0.479 e. The van der Waals surface area contributed by atoms with Crippen molar-refractivity contribution in [1.82, 2.24) is 0 Å². The molecule has 1 N–H and O–H groups in total. The number of rotatable bonds is 18. The molecule has 0 bridgehead atoms. The van der Waals surface area contributed by atoms with E-state index < -0.39 is 12.1 Å². The van der Waals surface area contributed by atoms with E-state index in [0.29, 0.717) is 12.2 Å². The third-order valence-electron chi connectivity index (χ3n) is 5.39. The van der Waals surface area contributed by atoms with Gasteiger partial charge < -0.3 is 9.84 Å². The first-order valence-corrected chi connectivity index (χ1v) is 11.7. The highest BCUT2D eigenvalue weighted by Crippen LogP contribution is 2.19. The minimum absolute atomic E-state index is 0.471. The Kier molecular flexibility index (Phi) is 14.4. The molecule has 0 aliphatic heterocycles. The Balaban J connectivity index is 2.04. The maximum absolute atomic E-state index is 11.1. The fourth-order valence-corrected chi connectivity index (χ4v) is 3.59. The van der Waals surface area contributed by atoms with Crippen LogP contribution in [-0.4, -0.2) is 17.2 Å². The molecule has 0 saturated heterocycles. The summed E-state index contributed by atoms with van der Waals surface area (Å²) in [4.78, 5) is 11.1. The van der Waals surface area contributed by atoms with Gasteiger partial charge in [-0.25, -0.2) is 4.79 Å². The van der Waals surface area contributed by atoms with E-state index in [-0.39, 0.29) is 0 Å². The first-order chi connectivity index (χ1) is 13.7. The Bertz CT molecular complexity index is 512. The predicted molar refractivity (Wildman–Crippen MR) is 118 cm³/mol. The fraction of sp³-hybridized carbons (Fsp3) is 0.720. The van der Waals surface area contributed by atoms with Gasteiger partial charge in [0.15, 0.2) is 6.10 Å². The highest BCUT2D eigenvalue weighted by atomic mass is 16.5. The van der Waals surface area contributed by atoms with E-state index >= 15 is 0 Å². The number of ether oxygens (including phenoxy) is 1. The SMILES string of the molecule is CCCCCCCCCCCCCCCc1cccc(OC(CC)C(=O)O)c1. The summed E-state index contributed by atoms with van der Waals surface area (Å²) in [6, 6.07) is 7.90. The molecule has 0 aliphatic carbocycles. The molecular weight excluding hydrogens is 348 g/mol. The van der Waals surface area contributed by atoms with Crippen LogP contribution in [0.5, 0.6) is 5.75 Å². The zero-order valence-electron chi connectivity index (χ0n) is 18.3. The summed E-state index contributed by atoms with van der Waals surface area (Å²) < 4.78 is 5.59. The van der Waals surface area contributed by atoms with E-state index in [1.807, 2.05) is 25.1 Å². The Morgan fingerprint density at radius 1 is 0.857 bits per heavy atom. The molecule has 1 aromatic rings. The summed E-state index contributed by atoms with van der Waals surface area (Å²) in [5, 5.41) is 9.11. The number of hydrogen-bond donors (Lipinski definition) is 1. The molecule has 1 rings (SSSR count). The zero-order valence-corrected chi connectivity index (χ0v) is 18.3. The van der Waals surface area contributed by atoms with Crippen LogP contribution in [0.2, 0.25) is 0 Å². The number of benzene rings is 1. The zero-order chi connectivity index (χ0) is 20.5. The molecule has 0 spiro atoms. The van der Waals surface area contributed by atoms with E-state index in [1.165, 1.54) is 89.0 Å². The van der Waals surface area contributed by atoms with Crippen molar-refractivity contribution in [2.75, 3.05) is 0 Å². The highest BCUT2D eigenvalue weighted by molar-refractivity contribution is 5.72. The summed E-state index contributed by atoms with van der Waals surface area (Å²) in [6.45, 7) is 4.10. The van der Waals surface area contributed by atoms with Crippen LogP contribution in [0, 0.1) is 0 Å². The van der Waals surface area contributed by atoms with E-state index in [9.17, 15) is 4.79 Å². The smallest absolute Gasteiger partial charge is 0.344 e. The number of unbranched alkanes of at least 4 members (excludes halogenated alkanes) is 12. The highest BCUT2D eigenvalue weighted by Gasteiger charge is 2.16. The lowest BCUT2D eigenvalue weighted by Crippen LogP contribution is -2.25. The van der Waals surface area contributed by atoms with Crippen LogP contribution >= 0.6 is 0 Å². The molecule has 0 aliphatic rings. The van der Waals surface area contributed by atoms with Crippen LogP contribution in [0.4, 0.5) is 0 Å². The van der Waals surface area contributed by atoms with E-state index in [0.717, 1.165) is 6.42 Å². The van der Waals surface area contributed by atoms with Gasteiger partial charge in [0.1, 0.15) is 5.75 Å². The van der Waals surface area contributed by atoms with Gasteiger partial charge in [0.05, 0.1) is 0 Å². The van der Waals surface area contributed by atoms with Crippen LogP contribution < -0.4 is 4.74 Å². The summed E-state index contributed by atoms with van der Waals surface area (Å²) >= 11 is 0. The number of aryl methyl sites for hydroxylation is 1. The largest absolute Gasteiger partial charge is 0.479 e. The second-order valence-corrected chi connectivity index (χ2v) is 7.99. The monoisotopic (exact) mass is 390 g/mol. The van der Waals surface area contributed by atoms with Gasteiger partial charge in [0.25, 0.3) is 0 Å². The molecule has 0 aromatic heterocycles. The standard InChI is InChI=1S/C25H42O3/c1-3-5-6-7-8-9-10-11-12-13-14-15-16-18-22-19-17-20-23(21-22)28-24(4-2)25(26)27/h17,19-21,24H,3-16,18H2,1-2H3,(H,26,27). The molecular formula is C25H42O3. The van der Waals surface area contributed by atoms with Gasteiger partial charge in [-0.1, -0.05) is 103 Å². The summed E-state index contributed by atoms with van der Waals surface area (Å²) in [5.41, 5.74) is 1.24. The lowest BCUT2D eigenvalue weighted by molar-refractivity contribution is -0.145. The van der Waals surface area contributed by atoms with Crippen molar-refractivity contribution in [2.45, 2.75) is 116 Å². The lowest BCUT2D eigenvalue weighted by Gasteiger charge is -2.14. The van der Waals surface area contributed by atoms with Gasteiger partial charge in [-0.2, -0.15) is 0 Å². The Morgan fingerprint density at radius 3 is 1.89 bits per heavy atom.